The lowest BCUT2D eigenvalue weighted by Crippen LogP contribution is -2.30. The average Bonchev–Trinajstić information content (AvgIpc) is 3.06. The molecule has 3 rings (SSSR count). The summed E-state index contributed by atoms with van der Waals surface area (Å²) in [6.45, 7) is 8.34. The highest BCUT2D eigenvalue weighted by molar-refractivity contribution is 5.92. The zero-order chi connectivity index (χ0) is 18.7. The Labute approximate surface area is 153 Å². The number of esters is 1. The molecule has 0 spiro atoms. The van der Waals surface area contributed by atoms with E-state index in [2.05, 4.69) is 15.4 Å². The van der Waals surface area contributed by atoms with Gasteiger partial charge in [0, 0.05) is 5.70 Å². The van der Waals surface area contributed by atoms with Crippen LogP contribution in [0.4, 0.5) is 5.95 Å². The van der Waals surface area contributed by atoms with Crippen molar-refractivity contribution in [2.24, 2.45) is 0 Å². The van der Waals surface area contributed by atoms with Crippen LogP contribution >= 0.6 is 0 Å². The van der Waals surface area contributed by atoms with Crippen molar-refractivity contribution < 1.29 is 14.3 Å². The minimum atomic E-state index is -0.382. The predicted molar refractivity (Wildman–Crippen MR) is 97.7 cm³/mol. The van der Waals surface area contributed by atoms with Gasteiger partial charge in [-0.05, 0) is 33.3 Å². The Bertz CT molecular complexity index is 808. The minimum Gasteiger partial charge on any atom is -0.460 e. The summed E-state index contributed by atoms with van der Waals surface area (Å²) < 4.78 is 12.6. The second-order valence-corrected chi connectivity index (χ2v) is 6.56. The molecule has 0 radical (unpaired) electrons. The summed E-state index contributed by atoms with van der Waals surface area (Å²) >= 11 is 0. The monoisotopic (exact) mass is 356 g/mol. The zero-order valence-electron chi connectivity index (χ0n) is 15.5. The van der Waals surface area contributed by atoms with Gasteiger partial charge in [0.15, 0.2) is 0 Å². The van der Waals surface area contributed by atoms with Crippen LogP contribution in [0.5, 0.6) is 0 Å². The molecule has 0 fully saturated rings. The summed E-state index contributed by atoms with van der Waals surface area (Å²) in [5, 5.41) is 7.43. The maximum Gasteiger partial charge on any atom is 0.338 e. The highest BCUT2D eigenvalue weighted by Gasteiger charge is 2.34. The number of ether oxygens (including phenoxy) is 2. The fourth-order valence-corrected chi connectivity index (χ4v) is 2.91. The van der Waals surface area contributed by atoms with E-state index in [1.54, 1.807) is 4.68 Å². The number of rotatable bonds is 6. The van der Waals surface area contributed by atoms with Crippen LogP contribution in [0.15, 0.2) is 41.9 Å². The number of anilines is 1. The Morgan fingerprint density at radius 2 is 1.96 bits per heavy atom. The van der Waals surface area contributed by atoms with Crippen LogP contribution in [0.2, 0.25) is 0 Å². The van der Waals surface area contributed by atoms with Gasteiger partial charge in [0.2, 0.25) is 5.95 Å². The molecule has 1 atom stereocenters. The van der Waals surface area contributed by atoms with Crippen molar-refractivity contribution in [1.82, 2.24) is 14.8 Å². The molecule has 0 unspecified atom stereocenters. The van der Waals surface area contributed by atoms with Crippen LogP contribution in [0.3, 0.4) is 0 Å². The van der Waals surface area contributed by atoms with Crippen molar-refractivity contribution in [3.05, 3.63) is 53.0 Å². The largest absolute Gasteiger partial charge is 0.460 e. The van der Waals surface area contributed by atoms with Crippen molar-refractivity contribution >= 4 is 11.9 Å². The van der Waals surface area contributed by atoms with E-state index in [9.17, 15) is 4.79 Å². The van der Waals surface area contributed by atoms with Crippen molar-refractivity contribution in [1.29, 1.82) is 0 Å². The van der Waals surface area contributed by atoms with Gasteiger partial charge in [-0.3, -0.25) is 0 Å². The molecule has 1 aromatic carbocycles. The first-order valence-electron chi connectivity index (χ1n) is 8.70. The molecule has 1 aliphatic heterocycles. The third kappa shape index (κ3) is 3.77. The third-order valence-electron chi connectivity index (χ3n) is 4.18. The molecular formula is C19H24N4O3. The number of benzene rings is 1. The van der Waals surface area contributed by atoms with Gasteiger partial charge in [0.05, 0.1) is 18.3 Å². The highest BCUT2D eigenvalue weighted by atomic mass is 16.6. The van der Waals surface area contributed by atoms with E-state index >= 15 is 0 Å². The molecule has 2 heterocycles. The maximum atomic E-state index is 12.8. The zero-order valence-corrected chi connectivity index (χ0v) is 15.5. The van der Waals surface area contributed by atoms with Gasteiger partial charge in [-0.2, -0.15) is 10.1 Å². The van der Waals surface area contributed by atoms with E-state index in [1.807, 2.05) is 52.0 Å². The van der Waals surface area contributed by atoms with Gasteiger partial charge in [-0.25, -0.2) is 9.48 Å². The second-order valence-electron chi connectivity index (χ2n) is 6.56. The van der Waals surface area contributed by atoms with E-state index in [1.165, 1.54) is 6.33 Å². The number of nitrogens with one attached hydrogen (secondary N) is 1. The molecule has 7 nitrogen and oxygen atoms in total. The van der Waals surface area contributed by atoms with Gasteiger partial charge in [0.1, 0.15) is 19.0 Å². The Morgan fingerprint density at radius 3 is 2.65 bits per heavy atom. The molecule has 7 heteroatoms. The molecule has 0 saturated carbocycles. The van der Waals surface area contributed by atoms with Crippen LogP contribution < -0.4 is 5.32 Å². The van der Waals surface area contributed by atoms with Gasteiger partial charge >= 0.3 is 5.97 Å². The summed E-state index contributed by atoms with van der Waals surface area (Å²) in [7, 11) is 0. The molecule has 1 N–H and O–H groups in total. The number of carbonyl (C=O) groups excluding carboxylic acids is 1. The van der Waals surface area contributed by atoms with Gasteiger partial charge in [0.25, 0.3) is 0 Å². The second kappa shape index (κ2) is 7.70. The van der Waals surface area contributed by atoms with Crippen molar-refractivity contribution in [3.63, 3.8) is 0 Å². The van der Waals surface area contributed by atoms with Gasteiger partial charge in [-0.15, -0.1) is 0 Å². The number of hydrogen-bond donors (Lipinski definition) is 1. The lowest BCUT2D eigenvalue weighted by atomic mass is 9.95. The molecule has 0 amide bonds. The predicted octanol–water partition coefficient (Wildman–Crippen LogP) is 2.84. The average molecular weight is 356 g/mol. The maximum absolute atomic E-state index is 12.8. The topological polar surface area (TPSA) is 78.3 Å². The Balaban J connectivity index is 1.88. The quantitative estimate of drug-likeness (QED) is 0.633. The van der Waals surface area contributed by atoms with E-state index in [0.717, 1.165) is 11.1 Å². The van der Waals surface area contributed by atoms with Crippen molar-refractivity contribution in [2.45, 2.75) is 39.8 Å². The minimum absolute atomic E-state index is 0.101. The van der Waals surface area contributed by atoms with Crippen molar-refractivity contribution in [3.8, 4) is 0 Å². The Kier molecular flexibility index (Phi) is 5.37. The standard InChI is InChI=1S/C19H24N4O3/c1-12(2)25-9-10-26-18(24)16-14(4)22-19-20-11-21-23(19)17(16)15-7-5-13(3)6-8-15/h5-8,11-12,17H,9-10H2,1-4H3,(H,20,21,22)/t17-/m1/s1. The number of nitrogens with zero attached hydrogens (tertiary/aromatic N) is 3. The van der Waals surface area contributed by atoms with Crippen LogP contribution in [-0.2, 0) is 14.3 Å². The summed E-state index contributed by atoms with van der Waals surface area (Å²) in [4.78, 5) is 17.0. The summed E-state index contributed by atoms with van der Waals surface area (Å²) in [5.41, 5.74) is 3.34. The molecular weight excluding hydrogens is 332 g/mol. The van der Waals surface area contributed by atoms with Crippen LogP contribution in [-0.4, -0.2) is 40.1 Å². The molecule has 1 aliphatic rings. The molecule has 0 aliphatic carbocycles. The lowest BCUT2D eigenvalue weighted by Gasteiger charge is -2.28. The lowest BCUT2D eigenvalue weighted by molar-refractivity contribution is -0.141. The first-order chi connectivity index (χ1) is 12.5. The molecule has 26 heavy (non-hydrogen) atoms. The highest BCUT2D eigenvalue weighted by Crippen LogP contribution is 2.35. The van der Waals surface area contributed by atoms with E-state index in [4.69, 9.17) is 9.47 Å². The van der Waals surface area contributed by atoms with E-state index in [0.29, 0.717) is 23.8 Å². The molecule has 0 saturated heterocycles. The Morgan fingerprint density at radius 1 is 1.23 bits per heavy atom. The molecule has 2 aromatic rings. The summed E-state index contributed by atoms with van der Waals surface area (Å²) in [6, 6.07) is 7.65. The van der Waals surface area contributed by atoms with E-state index < -0.39 is 0 Å². The van der Waals surface area contributed by atoms with Gasteiger partial charge < -0.3 is 14.8 Å². The first kappa shape index (κ1) is 18.1. The molecule has 1 aromatic heterocycles. The Hall–Kier alpha value is -2.67. The fourth-order valence-electron chi connectivity index (χ4n) is 2.91. The number of aryl methyl sites for hydroxylation is 1. The summed E-state index contributed by atoms with van der Waals surface area (Å²) in [5.74, 6) is 0.224. The number of carbonyl (C=O) groups is 1. The van der Waals surface area contributed by atoms with E-state index in [-0.39, 0.29) is 24.7 Å². The van der Waals surface area contributed by atoms with Crippen LogP contribution in [0.25, 0.3) is 0 Å². The number of aromatic nitrogens is 3. The molecule has 138 valence electrons. The third-order valence-corrected chi connectivity index (χ3v) is 4.18. The smallest absolute Gasteiger partial charge is 0.338 e. The first-order valence-corrected chi connectivity index (χ1v) is 8.70. The number of fused-ring (bicyclic) bond motifs is 1. The fraction of sp³-hybridized carbons (Fsp3) is 0.421. The van der Waals surface area contributed by atoms with Gasteiger partial charge in [-0.1, -0.05) is 29.8 Å². The SMILES string of the molecule is CC1=C(C(=O)OCCOC(C)C)[C@@H](c2ccc(C)cc2)n2ncnc2N1. The normalized spacial score (nSPS) is 16.4. The van der Waals surface area contributed by atoms with Crippen molar-refractivity contribution in [2.75, 3.05) is 18.5 Å². The van der Waals surface area contributed by atoms with Crippen LogP contribution in [0, 0.1) is 6.92 Å². The summed E-state index contributed by atoms with van der Waals surface area (Å²) in [6.07, 6.45) is 1.57. The number of allylic oxidation sites excluding steroid dienone is 1. The van der Waals surface area contributed by atoms with Crippen LogP contribution in [0.1, 0.15) is 37.9 Å². The number of hydrogen-bond acceptors (Lipinski definition) is 6. The molecule has 0 bridgehead atoms.